The number of rotatable bonds is 4. The van der Waals surface area contributed by atoms with Gasteiger partial charge in [0.1, 0.15) is 17.6 Å². The van der Waals surface area contributed by atoms with Gasteiger partial charge in [0.15, 0.2) is 0 Å². The standard InChI is InChI=1S/C19H15F5N2O2/c20-13-5-4-11(15(21)7-13)8-25-17(27)16-14(9-26-18(16)28)10-2-1-3-12(6-10)19(22,23)24/h1-7,14,16H,8-9H2,(H,25,27)(H,26,28). The molecule has 2 unspecified atom stereocenters. The van der Waals surface area contributed by atoms with E-state index in [4.69, 9.17) is 0 Å². The SMILES string of the molecule is O=C(NCc1ccc(F)cc1F)C1C(=O)NCC1c1cccc(C(F)(F)F)c1. The minimum Gasteiger partial charge on any atom is -0.355 e. The zero-order valence-corrected chi connectivity index (χ0v) is 14.3. The maximum atomic E-state index is 13.7. The molecule has 1 aliphatic heterocycles. The van der Waals surface area contributed by atoms with Crippen LogP contribution in [0.4, 0.5) is 22.0 Å². The molecule has 1 fully saturated rings. The molecule has 28 heavy (non-hydrogen) atoms. The van der Waals surface area contributed by atoms with E-state index in [9.17, 15) is 31.5 Å². The highest BCUT2D eigenvalue weighted by atomic mass is 19.4. The first-order valence-corrected chi connectivity index (χ1v) is 8.33. The quantitative estimate of drug-likeness (QED) is 0.614. The van der Waals surface area contributed by atoms with Crippen LogP contribution in [0.1, 0.15) is 22.6 Å². The van der Waals surface area contributed by atoms with Crippen LogP contribution in [0.3, 0.4) is 0 Å². The van der Waals surface area contributed by atoms with Gasteiger partial charge in [-0.3, -0.25) is 9.59 Å². The van der Waals surface area contributed by atoms with Crippen LogP contribution in [0.15, 0.2) is 42.5 Å². The van der Waals surface area contributed by atoms with E-state index in [1.807, 2.05) is 0 Å². The highest BCUT2D eigenvalue weighted by Crippen LogP contribution is 2.34. The molecule has 0 spiro atoms. The molecule has 0 radical (unpaired) electrons. The third-order valence-electron chi connectivity index (χ3n) is 4.57. The number of hydrogen-bond acceptors (Lipinski definition) is 2. The van der Waals surface area contributed by atoms with Crippen molar-refractivity contribution in [2.24, 2.45) is 5.92 Å². The van der Waals surface area contributed by atoms with E-state index >= 15 is 0 Å². The lowest BCUT2D eigenvalue weighted by molar-refractivity contribution is -0.137. The number of carbonyl (C=O) groups is 2. The summed E-state index contributed by atoms with van der Waals surface area (Å²) in [6.07, 6.45) is -4.55. The Kier molecular flexibility index (Phi) is 5.35. The Hall–Kier alpha value is -2.97. The van der Waals surface area contributed by atoms with Crippen molar-refractivity contribution in [3.05, 3.63) is 70.8 Å². The summed E-state index contributed by atoms with van der Waals surface area (Å²) >= 11 is 0. The van der Waals surface area contributed by atoms with Crippen LogP contribution in [0.5, 0.6) is 0 Å². The molecule has 2 aromatic rings. The van der Waals surface area contributed by atoms with Crippen LogP contribution in [-0.4, -0.2) is 18.4 Å². The van der Waals surface area contributed by atoms with Crippen LogP contribution in [0, 0.1) is 17.6 Å². The lowest BCUT2D eigenvalue weighted by atomic mass is 9.87. The van der Waals surface area contributed by atoms with E-state index in [0.29, 0.717) is 6.07 Å². The van der Waals surface area contributed by atoms with Crippen LogP contribution in [0.2, 0.25) is 0 Å². The van der Waals surface area contributed by atoms with E-state index in [1.54, 1.807) is 0 Å². The minimum absolute atomic E-state index is 0.00311. The molecule has 0 bridgehead atoms. The van der Waals surface area contributed by atoms with E-state index in [-0.39, 0.29) is 24.2 Å². The first-order valence-electron chi connectivity index (χ1n) is 8.33. The topological polar surface area (TPSA) is 58.2 Å². The first kappa shape index (κ1) is 19.8. The van der Waals surface area contributed by atoms with Gasteiger partial charge in [0.05, 0.1) is 5.56 Å². The molecule has 3 rings (SSSR count). The fourth-order valence-electron chi connectivity index (χ4n) is 3.14. The highest BCUT2D eigenvalue weighted by Gasteiger charge is 2.41. The molecule has 2 atom stereocenters. The second kappa shape index (κ2) is 7.57. The molecule has 1 saturated heterocycles. The maximum absolute atomic E-state index is 13.7. The van der Waals surface area contributed by atoms with Crippen LogP contribution in [0.25, 0.3) is 0 Å². The Bertz CT molecular complexity index is 913. The Labute approximate surface area is 156 Å². The fraction of sp³-hybridized carbons (Fsp3) is 0.263. The molecule has 0 saturated carbocycles. The molecule has 0 aromatic heterocycles. The van der Waals surface area contributed by atoms with Gasteiger partial charge in [0, 0.05) is 30.6 Å². The molecule has 0 aliphatic carbocycles. The lowest BCUT2D eigenvalue weighted by Crippen LogP contribution is -2.37. The molecular weight excluding hydrogens is 383 g/mol. The summed E-state index contributed by atoms with van der Waals surface area (Å²) in [5.74, 6) is -5.06. The van der Waals surface area contributed by atoms with Crippen molar-refractivity contribution in [2.45, 2.75) is 18.6 Å². The van der Waals surface area contributed by atoms with Gasteiger partial charge < -0.3 is 10.6 Å². The molecule has 9 heteroatoms. The van der Waals surface area contributed by atoms with Crippen molar-refractivity contribution >= 4 is 11.8 Å². The first-order chi connectivity index (χ1) is 13.2. The third-order valence-corrected chi connectivity index (χ3v) is 4.57. The van der Waals surface area contributed by atoms with E-state index in [0.717, 1.165) is 24.3 Å². The summed E-state index contributed by atoms with van der Waals surface area (Å²) in [6, 6.07) is 7.28. The van der Waals surface area contributed by atoms with Crippen molar-refractivity contribution in [1.82, 2.24) is 10.6 Å². The average molecular weight is 398 g/mol. The summed E-state index contributed by atoms with van der Waals surface area (Å²) in [6.45, 7) is -0.285. The lowest BCUT2D eigenvalue weighted by Gasteiger charge is -2.18. The fourth-order valence-corrected chi connectivity index (χ4v) is 3.14. The molecule has 2 amide bonds. The number of benzene rings is 2. The third kappa shape index (κ3) is 4.13. The van der Waals surface area contributed by atoms with Crippen LogP contribution >= 0.6 is 0 Å². The number of hydrogen-bond donors (Lipinski definition) is 2. The van der Waals surface area contributed by atoms with Crippen LogP contribution < -0.4 is 10.6 Å². The van der Waals surface area contributed by atoms with Gasteiger partial charge in [0.2, 0.25) is 11.8 Å². The maximum Gasteiger partial charge on any atom is 0.416 e. The largest absolute Gasteiger partial charge is 0.416 e. The van der Waals surface area contributed by atoms with Gasteiger partial charge in [-0.2, -0.15) is 13.2 Å². The van der Waals surface area contributed by atoms with Crippen molar-refractivity contribution < 1.29 is 31.5 Å². The number of alkyl halides is 3. The molecule has 4 nitrogen and oxygen atoms in total. The number of carbonyl (C=O) groups excluding carboxylic acids is 2. The summed E-state index contributed by atoms with van der Waals surface area (Å²) in [5.41, 5.74) is -0.665. The monoisotopic (exact) mass is 398 g/mol. The van der Waals surface area contributed by atoms with Crippen LogP contribution in [-0.2, 0) is 22.3 Å². The Morgan fingerprint density at radius 1 is 1.14 bits per heavy atom. The molecule has 1 aliphatic rings. The zero-order chi connectivity index (χ0) is 20.5. The van der Waals surface area contributed by atoms with Crippen molar-refractivity contribution in [2.75, 3.05) is 6.54 Å². The second-order valence-electron chi connectivity index (χ2n) is 6.41. The number of amides is 2. The Balaban J connectivity index is 1.77. The van der Waals surface area contributed by atoms with Gasteiger partial charge in [0.25, 0.3) is 0 Å². The number of halogens is 5. The number of nitrogens with one attached hydrogen (secondary N) is 2. The summed E-state index contributed by atoms with van der Waals surface area (Å²) in [7, 11) is 0. The highest BCUT2D eigenvalue weighted by molar-refractivity contribution is 6.03. The van der Waals surface area contributed by atoms with Gasteiger partial charge >= 0.3 is 6.18 Å². The Morgan fingerprint density at radius 3 is 2.57 bits per heavy atom. The van der Waals surface area contributed by atoms with Crippen molar-refractivity contribution in [1.29, 1.82) is 0 Å². The van der Waals surface area contributed by atoms with Gasteiger partial charge in [-0.25, -0.2) is 8.78 Å². The summed E-state index contributed by atoms with van der Waals surface area (Å²) < 4.78 is 65.4. The Morgan fingerprint density at radius 2 is 1.89 bits per heavy atom. The van der Waals surface area contributed by atoms with Crippen molar-refractivity contribution in [3.8, 4) is 0 Å². The van der Waals surface area contributed by atoms with E-state index in [2.05, 4.69) is 10.6 Å². The molecule has 2 aromatic carbocycles. The van der Waals surface area contributed by atoms with Crippen molar-refractivity contribution in [3.63, 3.8) is 0 Å². The van der Waals surface area contributed by atoms with Gasteiger partial charge in [-0.1, -0.05) is 24.3 Å². The van der Waals surface area contributed by atoms with E-state index in [1.165, 1.54) is 12.1 Å². The predicted molar refractivity (Wildman–Crippen MR) is 88.9 cm³/mol. The summed E-state index contributed by atoms with van der Waals surface area (Å²) in [4.78, 5) is 24.6. The van der Waals surface area contributed by atoms with Gasteiger partial charge in [-0.05, 0) is 17.7 Å². The van der Waals surface area contributed by atoms with E-state index < -0.39 is 47.0 Å². The molecular formula is C19H15F5N2O2. The molecule has 148 valence electrons. The average Bonchev–Trinajstić information content (AvgIpc) is 3.02. The zero-order valence-electron chi connectivity index (χ0n) is 14.3. The molecule has 2 N–H and O–H groups in total. The minimum atomic E-state index is -4.55. The van der Waals surface area contributed by atoms with Gasteiger partial charge in [-0.15, -0.1) is 0 Å². The predicted octanol–water partition coefficient (Wildman–Crippen LogP) is 3.13. The summed E-state index contributed by atoms with van der Waals surface area (Å²) in [5, 5.41) is 4.86. The second-order valence-corrected chi connectivity index (χ2v) is 6.41. The normalized spacial score (nSPS) is 19.4. The smallest absolute Gasteiger partial charge is 0.355 e. The molecule has 1 heterocycles.